The van der Waals surface area contributed by atoms with Gasteiger partial charge in [-0.15, -0.1) is 0 Å². The zero-order valence-electron chi connectivity index (χ0n) is 7.76. The van der Waals surface area contributed by atoms with Crippen molar-refractivity contribution < 1.29 is 0 Å². The molecular weight excluding hydrogens is 146 g/mol. The molecule has 0 amide bonds. The van der Waals surface area contributed by atoms with Crippen LogP contribution in [0.4, 0.5) is 0 Å². The summed E-state index contributed by atoms with van der Waals surface area (Å²) in [5.41, 5.74) is 0. The highest BCUT2D eigenvalue weighted by Gasteiger charge is 2.18. The molecule has 1 nitrogen and oxygen atoms in total. The van der Waals surface area contributed by atoms with Gasteiger partial charge in [0, 0.05) is 12.1 Å². The lowest BCUT2D eigenvalue weighted by atomic mass is 10.0. The lowest BCUT2D eigenvalue weighted by molar-refractivity contribution is 0.443. The molecule has 1 fully saturated rings. The first-order chi connectivity index (χ1) is 5.95. The zero-order valence-corrected chi connectivity index (χ0v) is 7.76. The van der Waals surface area contributed by atoms with Gasteiger partial charge in [0.2, 0.25) is 0 Å². The monoisotopic (exact) mass is 165 g/mol. The molecule has 1 N–H and O–H groups in total. The first-order valence-electron chi connectivity index (χ1n) is 5.38. The van der Waals surface area contributed by atoms with Gasteiger partial charge in [-0.05, 0) is 32.1 Å². The first-order valence-corrected chi connectivity index (χ1v) is 5.38. The van der Waals surface area contributed by atoms with Crippen LogP contribution in [-0.2, 0) is 0 Å². The minimum atomic E-state index is 0.696. The van der Waals surface area contributed by atoms with Crippen molar-refractivity contribution in [2.75, 3.05) is 0 Å². The minimum Gasteiger partial charge on any atom is -0.308 e. The minimum absolute atomic E-state index is 0.696. The summed E-state index contributed by atoms with van der Waals surface area (Å²) in [6, 6.07) is 1.53. The number of hydrogen-bond acceptors (Lipinski definition) is 1. The molecule has 0 saturated heterocycles. The summed E-state index contributed by atoms with van der Waals surface area (Å²) in [5.74, 6) is 0. The Morgan fingerprint density at radius 2 is 1.83 bits per heavy atom. The van der Waals surface area contributed by atoms with Crippen molar-refractivity contribution in [3.8, 4) is 0 Å². The zero-order chi connectivity index (χ0) is 8.23. The fourth-order valence-electron chi connectivity index (χ4n) is 2.35. The quantitative estimate of drug-likeness (QED) is 0.620. The van der Waals surface area contributed by atoms with Gasteiger partial charge in [-0.2, -0.15) is 0 Å². The molecule has 0 heterocycles. The van der Waals surface area contributed by atoms with Crippen molar-refractivity contribution in [1.29, 1.82) is 0 Å². The molecule has 2 aliphatic rings. The predicted molar refractivity (Wildman–Crippen MR) is 52.2 cm³/mol. The Kier molecular flexibility index (Phi) is 2.83. The van der Waals surface area contributed by atoms with Gasteiger partial charge in [0.25, 0.3) is 0 Å². The molecule has 0 bridgehead atoms. The van der Waals surface area contributed by atoms with Gasteiger partial charge in [-0.1, -0.05) is 25.0 Å². The van der Waals surface area contributed by atoms with E-state index in [9.17, 15) is 0 Å². The van der Waals surface area contributed by atoms with Gasteiger partial charge < -0.3 is 5.32 Å². The molecule has 2 aliphatic carbocycles. The molecule has 0 radical (unpaired) electrons. The van der Waals surface area contributed by atoms with Crippen molar-refractivity contribution in [2.45, 2.75) is 57.0 Å². The summed E-state index contributed by atoms with van der Waals surface area (Å²) in [7, 11) is 0. The van der Waals surface area contributed by atoms with Crippen molar-refractivity contribution in [1.82, 2.24) is 5.32 Å². The van der Waals surface area contributed by atoms with Gasteiger partial charge in [0.1, 0.15) is 0 Å². The highest BCUT2D eigenvalue weighted by atomic mass is 14.9. The molecule has 1 atom stereocenters. The van der Waals surface area contributed by atoms with E-state index < -0.39 is 0 Å². The van der Waals surface area contributed by atoms with E-state index >= 15 is 0 Å². The van der Waals surface area contributed by atoms with Crippen LogP contribution in [0.5, 0.6) is 0 Å². The third kappa shape index (κ3) is 2.10. The molecule has 12 heavy (non-hydrogen) atoms. The summed E-state index contributed by atoms with van der Waals surface area (Å²) in [6.45, 7) is 0. The maximum atomic E-state index is 3.73. The van der Waals surface area contributed by atoms with Crippen molar-refractivity contribution in [3.05, 3.63) is 12.2 Å². The fourth-order valence-corrected chi connectivity index (χ4v) is 2.35. The van der Waals surface area contributed by atoms with Crippen LogP contribution in [0.1, 0.15) is 44.9 Å². The van der Waals surface area contributed by atoms with Gasteiger partial charge in [-0.3, -0.25) is 0 Å². The van der Waals surface area contributed by atoms with E-state index in [0.29, 0.717) is 6.04 Å². The molecule has 2 rings (SSSR count). The predicted octanol–water partition coefficient (Wildman–Crippen LogP) is 2.63. The second-order valence-corrected chi connectivity index (χ2v) is 4.11. The van der Waals surface area contributed by atoms with Crippen LogP contribution in [0, 0.1) is 0 Å². The fraction of sp³-hybridized carbons (Fsp3) is 0.818. The highest BCUT2D eigenvalue weighted by molar-refractivity contribution is 4.98. The molecule has 0 aromatic carbocycles. The van der Waals surface area contributed by atoms with E-state index in [1.807, 2.05) is 0 Å². The Balaban J connectivity index is 1.77. The third-order valence-electron chi connectivity index (χ3n) is 3.06. The number of rotatable bonds is 2. The van der Waals surface area contributed by atoms with Gasteiger partial charge >= 0.3 is 0 Å². The first kappa shape index (κ1) is 8.31. The van der Waals surface area contributed by atoms with Gasteiger partial charge in [0.15, 0.2) is 0 Å². The van der Waals surface area contributed by atoms with E-state index in [1.54, 1.807) is 0 Å². The Hall–Kier alpha value is -0.300. The molecule has 1 saturated carbocycles. The van der Waals surface area contributed by atoms with Crippen LogP contribution >= 0.6 is 0 Å². The van der Waals surface area contributed by atoms with Crippen molar-refractivity contribution in [3.63, 3.8) is 0 Å². The molecular formula is C11H19N. The topological polar surface area (TPSA) is 12.0 Å². The summed E-state index contributed by atoms with van der Waals surface area (Å²) in [6.07, 6.45) is 14.4. The largest absolute Gasteiger partial charge is 0.308 e. The Labute approximate surface area is 75.2 Å². The van der Waals surface area contributed by atoms with Crippen molar-refractivity contribution in [2.24, 2.45) is 0 Å². The summed E-state index contributed by atoms with van der Waals surface area (Å²) in [5, 5.41) is 3.73. The van der Waals surface area contributed by atoms with E-state index in [4.69, 9.17) is 0 Å². The molecule has 1 unspecified atom stereocenters. The highest BCUT2D eigenvalue weighted by Crippen LogP contribution is 2.20. The molecule has 0 aromatic heterocycles. The lowest BCUT2D eigenvalue weighted by Gasteiger charge is -2.22. The van der Waals surface area contributed by atoms with Crippen LogP contribution < -0.4 is 5.32 Å². The van der Waals surface area contributed by atoms with Crippen LogP contribution in [0.3, 0.4) is 0 Å². The maximum Gasteiger partial charge on any atom is 0.0252 e. The van der Waals surface area contributed by atoms with Crippen LogP contribution in [-0.4, -0.2) is 12.1 Å². The van der Waals surface area contributed by atoms with E-state index in [2.05, 4.69) is 17.5 Å². The van der Waals surface area contributed by atoms with Crippen LogP contribution in [0.2, 0.25) is 0 Å². The SMILES string of the molecule is C1=CC(NC2CCCC2)CCC1. The average Bonchev–Trinajstić information content (AvgIpc) is 2.59. The van der Waals surface area contributed by atoms with E-state index in [0.717, 1.165) is 6.04 Å². The smallest absolute Gasteiger partial charge is 0.0252 e. The Morgan fingerprint density at radius 1 is 1.00 bits per heavy atom. The summed E-state index contributed by atoms with van der Waals surface area (Å²) in [4.78, 5) is 0. The maximum absolute atomic E-state index is 3.73. The van der Waals surface area contributed by atoms with Crippen LogP contribution in [0.25, 0.3) is 0 Å². The number of nitrogens with one attached hydrogen (secondary N) is 1. The second-order valence-electron chi connectivity index (χ2n) is 4.11. The molecule has 0 aliphatic heterocycles. The molecule has 68 valence electrons. The standard InChI is InChI=1S/C11H19N/c1-2-6-10(7-3-1)12-11-8-4-5-9-11/h2,6,10-12H,1,3-5,7-9H2. The number of hydrogen-bond donors (Lipinski definition) is 1. The van der Waals surface area contributed by atoms with E-state index in [-0.39, 0.29) is 0 Å². The Bertz CT molecular complexity index is 156. The van der Waals surface area contributed by atoms with Crippen LogP contribution in [0.15, 0.2) is 12.2 Å². The van der Waals surface area contributed by atoms with E-state index in [1.165, 1.54) is 44.9 Å². The van der Waals surface area contributed by atoms with Gasteiger partial charge in [0.05, 0.1) is 0 Å². The lowest BCUT2D eigenvalue weighted by Crippen LogP contribution is -2.36. The second kappa shape index (κ2) is 4.08. The molecule has 0 aromatic rings. The normalized spacial score (nSPS) is 31.2. The third-order valence-corrected chi connectivity index (χ3v) is 3.06. The average molecular weight is 165 g/mol. The molecule has 0 spiro atoms. The summed E-state index contributed by atoms with van der Waals surface area (Å²) >= 11 is 0. The number of allylic oxidation sites excluding steroid dienone is 1. The van der Waals surface area contributed by atoms with Gasteiger partial charge in [-0.25, -0.2) is 0 Å². The molecule has 1 heteroatoms. The Morgan fingerprint density at radius 3 is 2.50 bits per heavy atom. The summed E-state index contributed by atoms with van der Waals surface area (Å²) < 4.78 is 0. The van der Waals surface area contributed by atoms with Crippen molar-refractivity contribution >= 4 is 0 Å².